The molecule has 3 aromatic heterocycles. The predicted molar refractivity (Wildman–Crippen MR) is 137 cm³/mol. The van der Waals surface area contributed by atoms with Crippen LogP contribution in [-0.2, 0) is 0 Å². The molecule has 9 nitrogen and oxygen atoms in total. The van der Waals surface area contributed by atoms with Gasteiger partial charge in [0.15, 0.2) is 5.75 Å². The minimum absolute atomic E-state index is 0.106. The lowest BCUT2D eigenvalue weighted by molar-refractivity contribution is 0.0572. The molecule has 1 aromatic carbocycles. The molecule has 9 heteroatoms. The second-order valence-corrected chi connectivity index (χ2v) is 10.5. The van der Waals surface area contributed by atoms with Gasteiger partial charge in [0.05, 0.1) is 22.9 Å². The molecule has 4 heterocycles. The van der Waals surface area contributed by atoms with E-state index in [0.29, 0.717) is 59.0 Å². The van der Waals surface area contributed by atoms with Crippen molar-refractivity contribution in [2.75, 3.05) is 13.1 Å². The van der Waals surface area contributed by atoms with Crippen molar-refractivity contribution in [1.82, 2.24) is 19.8 Å². The van der Waals surface area contributed by atoms with Gasteiger partial charge in [-0.25, -0.2) is 4.52 Å². The van der Waals surface area contributed by atoms with E-state index in [2.05, 4.69) is 10.4 Å². The number of likely N-dealkylation sites (tertiary alicyclic amines) is 1. The summed E-state index contributed by atoms with van der Waals surface area (Å²) in [6, 6.07) is 7.43. The number of rotatable bonds is 5. The highest BCUT2D eigenvalue weighted by molar-refractivity contribution is 6.07. The number of aliphatic hydroxyl groups is 1. The SMILES string of the molecule is Cc1oc2cc(Oc3ccnn4cc(C(=O)N5CC[C@](C)(O)C5)c(C)c34)ccc2c1C(=O)NC1CCC1. The van der Waals surface area contributed by atoms with Gasteiger partial charge in [-0.3, -0.25) is 9.59 Å². The van der Waals surface area contributed by atoms with E-state index in [1.807, 2.05) is 19.1 Å². The Balaban J connectivity index is 1.29. The molecule has 192 valence electrons. The molecule has 4 aromatic rings. The van der Waals surface area contributed by atoms with Gasteiger partial charge in [-0.2, -0.15) is 5.10 Å². The summed E-state index contributed by atoms with van der Waals surface area (Å²) < 4.78 is 13.8. The van der Waals surface area contributed by atoms with Gasteiger partial charge >= 0.3 is 0 Å². The maximum absolute atomic E-state index is 13.2. The molecular weight excluding hydrogens is 472 g/mol. The average Bonchev–Trinajstić information content (AvgIpc) is 3.47. The number of furan rings is 1. The Morgan fingerprint density at radius 1 is 1.24 bits per heavy atom. The predicted octanol–water partition coefficient (Wildman–Crippen LogP) is 4.37. The number of nitrogens with zero attached hydrogens (tertiary/aromatic N) is 3. The fraction of sp³-hybridized carbons (Fsp3) is 0.393. The Kier molecular flexibility index (Phi) is 5.49. The summed E-state index contributed by atoms with van der Waals surface area (Å²) in [5.41, 5.74) is 2.24. The van der Waals surface area contributed by atoms with Crippen LogP contribution < -0.4 is 10.1 Å². The zero-order valence-corrected chi connectivity index (χ0v) is 21.2. The minimum atomic E-state index is -0.865. The summed E-state index contributed by atoms with van der Waals surface area (Å²) in [5, 5.41) is 18.5. The molecule has 1 aliphatic carbocycles. The van der Waals surface area contributed by atoms with Crippen LogP contribution in [0.3, 0.4) is 0 Å². The number of aromatic nitrogens is 2. The van der Waals surface area contributed by atoms with Crippen molar-refractivity contribution in [1.29, 1.82) is 0 Å². The maximum Gasteiger partial charge on any atom is 0.255 e. The van der Waals surface area contributed by atoms with E-state index in [1.165, 1.54) is 0 Å². The molecule has 0 unspecified atom stereocenters. The molecule has 1 atom stereocenters. The number of ether oxygens (including phenoxy) is 1. The summed E-state index contributed by atoms with van der Waals surface area (Å²) in [7, 11) is 0. The van der Waals surface area contributed by atoms with Gasteiger partial charge in [-0.05, 0) is 64.2 Å². The van der Waals surface area contributed by atoms with Gasteiger partial charge in [-0.15, -0.1) is 0 Å². The molecule has 0 spiro atoms. The second-order valence-electron chi connectivity index (χ2n) is 10.5. The Labute approximate surface area is 214 Å². The van der Waals surface area contributed by atoms with E-state index >= 15 is 0 Å². The molecule has 2 N–H and O–H groups in total. The topological polar surface area (TPSA) is 109 Å². The van der Waals surface area contributed by atoms with Crippen LogP contribution in [0.5, 0.6) is 11.5 Å². The van der Waals surface area contributed by atoms with Crippen LogP contribution in [0.1, 0.15) is 64.6 Å². The van der Waals surface area contributed by atoms with E-state index in [-0.39, 0.29) is 17.9 Å². The highest BCUT2D eigenvalue weighted by atomic mass is 16.5. The molecule has 0 radical (unpaired) electrons. The van der Waals surface area contributed by atoms with Crippen molar-refractivity contribution in [3.63, 3.8) is 0 Å². The number of amides is 2. The molecule has 2 fully saturated rings. The van der Waals surface area contributed by atoms with E-state index in [4.69, 9.17) is 9.15 Å². The van der Waals surface area contributed by atoms with Crippen LogP contribution >= 0.6 is 0 Å². The first-order valence-electron chi connectivity index (χ1n) is 12.7. The number of β-amino-alcohol motifs (C(OH)–C–C–N with tert-alkyl or cyclic N) is 1. The van der Waals surface area contributed by atoms with Crippen molar-refractivity contribution in [3.05, 3.63) is 59.1 Å². The van der Waals surface area contributed by atoms with E-state index in [0.717, 1.165) is 30.2 Å². The Bertz CT molecular complexity index is 1550. The first kappa shape index (κ1) is 23.5. The van der Waals surface area contributed by atoms with E-state index in [9.17, 15) is 14.7 Å². The molecule has 2 amide bonds. The normalized spacial score (nSPS) is 19.9. The number of fused-ring (bicyclic) bond motifs is 2. The van der Waals surface area contributed by atoms with Crippen LogP contribution in [0.4, 0.5) is 0 Å². The first-order chi connectivity index (χ1) is 17.7. The highest BCUT2D eigenvalue weighted by Gasteiger charge is 2.35. The molecule has 6 rings (SSSR count). The Hall–Kier alpha value is -3.85. The molecule has 1 aliphatic heterocycles. The number of hydrogen-bond acceptors (Lipinski definition) is 6. The maximum atomic E-state index is 13.2. The van der Waals surface area contributed by atoms with Gasteiger partial charge in [0.2, 0.25) is 0 Å². The van der Waals surface area contributed by atoms with Crippen LogP contribution in [-0.4, -0.2) is 56.2 Å². The summed E-state index contributed by atoms with van der Waals surface area (Å²) in [5.74, 6) is 1.43. The third kappa shape index (κ3) is 4.13. The number of nitrogens with one attached hydrogen (secondary N) is 1. The molecule has 2 aliphatic rings. The van der Waals surface area contributed by atoms with Crippen molar-refractivity contribution < 1.29 is 23.8 Å². The summed E-state index contributed by atoms with van der Waals surface area (Å²) >= 11 is 0. The van der Waals surface area contributed by atoms with Gasteiger partial charge in [0.1, 0.15) is 22.6 Å². The Morgan fingerprint density at radius 2 is 2.05 bits per heavy atom. The summed E-state index contributed by atoms with van der Waals surface area (Å²) in [6.07, 6.45) is 7.06. The van der Waals surface area contributed by atoms with Gasteiger partial charge < -0.3 is 24.5 Å². The molecule has 0 bridgehead atoms. The van der Waals surface area contributed by atoms with Crippen molar-refractivity contribution >= 4 is 28.3 Å². The highest BCUT2D eigenvalue weighted by Crippen LogP contribution is 2.35. The smallest absolute Gasteiger partial charge is 0.255 e. The van der Waals surface area contributed by atoms with Crippen LogP contribution in [0.25, 0.3) is 16.5 Å². The molecule has 1 saturated carbocycles. The largest absolute Gasteiger partial charge is 0.460 e. The summed E-state index contributed by atoms with van der Waals surface area (Å²) in [6.45, 7) is 6.23. The lowest BCUT2D eigenvalue weighted by Crippen LogP contribution is -2.39. The van der Waals surface area contributed by atoms with Crippen molar-refractivity contribution in [2.45, 2.75) is 58.1 Å². The van der Waals surface area contributed by atoms with Gasteiger partial charge in [-0.1, -0.05) is 0 Å². The number of hydrogen-bond donors (Lipinski definition) is 2. The number of benzene rings is 1. The van der Waals surface area contributed by atoms with Crippen molar-refractivity contribution in [2.24, 2.45) is 0 Å². The van der Waals surface area contributed by atoms with Gasteiger partial charge in [0.25, 0.3) is 11.8 Å². The third-order valence-corrected chi connectivity index (χ3v) is 7.59. The summed E-state index contributed by atoms with van der Waals surface area (Å²) in [4.78, 5) is 27.7. The van der Waals surface area contributed by atoms with Crippen LogP contribution in [0.2, 0.25) is 0 Å². The van der Waals surface area contributed by atoms with E-state index in [1.54, 1.807) is 47.8 Å². The lowest BCUT2D eigenvalue weighted by atomic mass is 9.93. The monoisotopic (exact) mass is 502 g/mol. The number of aryl methyl sites for hydroxylation is 2. The number of carbonyl (C=O) groups excluding carboxylic acids is 2. The quantitative estimate of drug-likeness (QED) is 0.420. The second kappa shape index (κ2) is 8.62. The fourth-order valence-corrected chi connectivity index (χ4v) is 5.29. The third-order valence-electron chi connectivity index (χ3n) is 7.59. The first-order valence-corrected chi connectivity index (χ1v) is 12.7. The van der Waals surface area contributed by atoms with E-state index < -0.39 is 5.60 Å². The lowest BCUT2D eigenvalue weighted by Gasteiger charge is -2.26. The number of carbonyl (C=O) groups is 2. The van der Waals surface area contributed by atoms with Crippen LogP contribution in [0, 0.1) is 13.8 Å². The standard InChI is InChI=1S/C28H30N4O5/c1-16-21(27(34)31-12-10-28(3,35)15-31)14-32-25(16)22(9-11-29-32)37-19-7-8-20-23(13-19)36-17(2)24(20)26(33)30-18-5-4-6-18/h7-9,11,13-14,18,35H,4-6,10,12,15H2,1-3H3,(H,30,33)/t28-/m0/s1. The minimum Gasteiger partial charge on any atom is -0.460 e. The van der Waals surface area contributed by atoms with Crippen LogP contribution in [0.15, 0.2) is 41.1 Å². The zero-order valence-electron chi connectivity index (χ0n) is 21.2. The fourth-order valence-electron chi connectivity index (χ4n) is 5.29. The van der Waals surface area contributed by atoms with Crippen molar-refractivity contribution in [3.8, 4) is 11.5 Å². The Morgan fingerprint density at radius 3 is 2.76 bits per heavy atom. The molecular formula is C28H30N4O5. The zero-order chi connectivity index (χ0) is 25.9. The van der Waals surface area contributed by atoms with Gasteiger partial charge in [0, 0.05) is 42.8 Å². The average molecular weight is 503 g/mol. The molecule has 1 saturated heterocycles. The molecule has 37 heavy (non-hydrogen) atoms.